The van der Waals surface area contributed by atoms with Crippen LogP contribution in [0.1, 0.15) is 16.6 Å². The van der Waals surface area contributed by atoms with Crippen LogP contribution < -0.4 is 0 Å². The average Bonchev–Trinajstić information content (AvgIpc) is 2.99. The molecule has 0 radical (unpaired) electrons. The maximum Gasteiger partial charge on any atom is 0.136 e. The zero-order valence-electron chi connectivity index (χ0n) is 15.9. The van der Waals surface area contributed by atoms with Crippen LogP contribution in [0.15, 0.2) is 65.0 Å². The van der Waals surface area contributed by atoms with Crippen molar-refractivity contribution in [2.75, 3.05) is 0 Å². The number of furan rings is 1. The van der Waals surface area contributed by atoms with Crippen molar-refractivity contribution in [1.82, 2.24) is 0 Å². The van der Waals surface area contributed by atoms with E-state index in [1.54, 1.807) is 6.92 Å². The molecule has 0 spiro atoms. The lowest BCUT2D eigenvalue weighted by molar-refractivity contribution is 0.669. The molecule has 21 heavy (non-hydrogen) atoms. The minimum Gasteiger partial charge on any atom is -0.456 e. The molecule has 1 heteroatoms. The van der Waals surface area contributed by atoms with E-state index in [1.165, 1.54) is 0 Å². The monoisotopic (exact) mass is 276 g/mol. The van der Waals surface area contributed by atoms with Crippen LogP contribution in [-0.4, -0.2) is 0 Å². The molecule has 0 bridgehead atoms. The molecule has 4 aromatic rings. The van der Waals surface area contributed by atoms with E-state index < -0.39 is 0 Å². The van der Waals surface area contributed by atoms with Gasteiger partial charge in [0, 0.05) is 10.8 Å². The molecule has 1 aromatic heterocycles. The Bertz CT molecular complexity index is 1130. The summed E-state index contributed by atoms with van der Waals surface area (Å²) in [5.74, 6) is 0. The summed E-state index contributed by atoms with van der Waals surface area (Å²) < 4.78 is 38.7. The Balaban J connectivity index is 2.22. The summed E-state index contributed by atoms with van der Waals surface area (Å²) in [5.41, 5.74) is 4.02. The molecule has 0 amide bonds. The molecule has 0 atom stereocenters. The van der Waals surface area contributed by atoms with Crippen molar-refractivity contribution in [3.8, 4) is 11.1 Å². The first-order chi connectivity index (χ1) is 11.9. The standard InChI is InChI=1S/C20H16O/c1-13-6-3-8-15(12-13)16-9-5-11-18-20(16)19-14(2)7-4-10-17(19)21-18/h3-12H,1-2H3/i3D,6D,8D,12D. The number of fused-ring (bicyclic) bond motifs is 3. The largest absolute Gasteiger partial charge is 0.456 e. The topological polar surface area (TPSA) is 13.1 Å². The zero-order chi connectivity index (χ0) is 17.9. The molecule has 3 aromatic carbocycles. The van der Waals surface area contributed by atoms with Crippen molar-refractivity contribution in [3.05, 3.63) is 71.7 Å². The van der Waals surface area contributed by atoms with Gasteiger partial charge in [0.05, 0.1) is 5.48 Å². The van der Waals surface area contributed by atoms with Crippen LogP contribution in [0, 0.1) is 13.8 Å². The van der Waals surface area contributed by atoms with Crippen molar-refractivity contribution in [3.63, 3.8) is 0 Å². The quantitative estimate of drug-likeness (QED) is 0.424. The highest BCUT2D eigenvalue weighted by molar-refractivity contribution is 6.13. The summed E-state index contributed by atoms with van der Waals surface area (Å²) in [6.07, 6.45) is 0. The molecular formula is C20H16O. The molecule has 0 unspecified atom stereocenters. The van der Waals surface area contributed by atoms with Gasteiger partial charge in [-0.1, -0.05) is 54.0 Å². The first kappa shape index (κ1) is 8.68. The first-order valence-corrected chi connectivity index (χ1v) is 6.90. The highest BCUT2D eigenvalue weighted by Crippen LogP contribution is 2.38. The molecule has 0 saturated carbocycles. The Hall–Kier alpha value is -2.54. The lowest BCUT2D eigenvalue weighted by Gasteiger charge is -2.05. The van der Waals surface area contributed by atoms with E-state index >= 15 is 0 Å². The predicted molar refractivity (Wildman–Crippen MR) is 88.6 cm³/mol. The smallest absolute Gasteiger partial charge is 0.136 e. The molecule has 1 nitrogen and oxygen atoms in total. The second kappa shape index (κ2) is 4.49. The zero-order valence-corrected chi connectivity index (χ0v) is 11.9. The van der Waals surface area contributed by atoms with Gasteiger partial charge in [-0.2, -0.15) is 0 Å². The van der Waals surface area contributed by atoms with Crippen LogP contribution in [0.4, 0.5) is 0 Å². The summed E-state index contributed by atoms with van der Waals surface area (Å²) >= 11 is 0. The normalized spacial score (nSPS) is 14.0. The third kappa shape index (κ3) is 1.85. The highest BCUT2D eigenvalue weighted by Gasteiger charge is 2.13. The van der Waals surface area contributed by atoms with Gasteiger partial charge in [-0.15, -0.1) is 0 Å². The molecule has 0 aliphatic carbocycles. The van der Waals surface area contributed by atoms with Crippen LogP contribution in [-0.2, 0) is 0 Å². The number of benzene rings is 3. The van der Waals surface area contributed by atoms with Gasteiger partial charge in [-0.25, -0.2) is 0 Å². The second-order valence-corrected chi connectivity index (χ2v) is 5.23. The van der Waals surface area contributed by atoms with Crippen molar-refractivity contribution >= 4 is 21.9 Å². The molecule has 0 saturated heterocycles. The van der Waals surface area contributed by atoms with Gasteiger partial charge < -0.3 is 4.42 Å². The van der Waals surface area contributed by atoms with E-state index in [0.717, 1.165) is 21.9 Å². The van der Waals surface area contributed by atoms with Crippen LogP contribution in [0.25, 0.3) is 33.1 Å². The highest BCUT2D eigenvalue weighted by atomic mass is 16.3. The molecule has 102 valence electrons. The van der Waals surface area contributed by atoms with E-state index in [2.05, 4.69) is 0 Å². The van der Waals surface area contributed by atoms with E-state index in [9.17, 15) is 0 Å². The third-order valence-corrected chi connectivity index (χ3v) is 3.75. The molecule has 4 rings (SSSR count). The lowest BCUT2D eigenvalue weighted by atomic mass is 9.97. The summed E-state index contributed by atoms with van der Waals surface area (Å²) in [4.78, 5) is 0. The Morgan fingerprint density at radius 1 is 0.905 bits per heavy atom. The first-order valence-electron chi connectivity index (χ1n) is 8.90. The molecule has 0 N–H and O–H groups in total. The average molecular weight is 276 g/mol. The summed E-state index contributed by atoms with van der Waals surface area (Å²) in [6.45, 7) is 3.66. The van der Waals surface area contributed by atoms with Gasteiger partial charge in [-0.3, -0.25) is 0 Å². The maximum absolute atomic E-state index is 8.45. The number of hydrogen-bond donors (Lipinski definition) is 0. The van der Waals surface area contributed by atoms with Crippen LogP contribution >= 0.6 is 0 Å². The Morgan fingerprint density at radius 2 is 1.67 bits per heavy atom. The van der Waals surface area contributed by atoms with Crippen LogP contribution in [0.5, 0.6) is 0 Å². The Kier molecular flexibility index (Phi) is 1.86. The Labute approximate surface area is 129 Å². The van der Waals surface area contributed by atoms with Gasteiger partial charge >= 0.3 is 0 Å². The molecule has 0 aliphatic rings. The van der Waals surface area contributed by atoms with Gasteiger partial charge in [0.1, 0.15) is 11.2 Å². The van der Waals surface area contributed by atoms with E-state index in [4.69, 9.17) is 9.90 Å². The minimum atomic E-state index is -0.148. The molecule has 0 fully saturated rings. The van der Waals surface area contributed by atoms with Crippen molar-refractivity contribution in [2.24, 2.45) is 0 Å². The SMILES string of the molecule is [2H]c1c([2H])c(C)c([2H])c(-c2cccc3oc4cccc(C)c4c23)c1[2H]. The fraction of sp³-hybridized carbons (Fsp3) is 0.100. The second-order valence-electron chi connectivity index (χ2n) is 5.23. The van der Waals surface area contributed by atoms with Gasteiger partial charge in [0.25, 0.3) is 0 Å². The number of aryl methyl sites for hydroxylation is 1. The number of rotatable bonds is 1. The number of hydrogen-bond acceptors (Lipinski definition) is 1. The van der Waals surface area contributed by atoms with Crippen LogP contribution in [0.3, 0.4) is 0 Å². The van der Waals surface area contributed by atoms with Crippen molar-refractivity contribution in [1.29, 1.82) is 0 Å². The minimum absolute atomic E-state index is 0.0563. The van der Waals surface area contributed by atoms with Gasteiger partial charge in [0.15, 0.2) is 0 Å². The van der Waals surface area contributed by atoms with E-state index in [1.807, 2.05) is 43.3 Å². The lowest BCUT2D eigenvalue weighted by Crippen LogP contribution is -1.82. The summed E-state index contributed by atoms with van der Waals surface area (Å²) in [6, 6.07) is 11.3. The van der Waals surface area contributed by atoms with Crippen molar-refractivity contribution in [2.45, 2.75) is 13.8 Å². The van der Waals surface area contributed by atoms with Crippen LogP contribution in [0.2, 0.25) is 0 Å². The summed E-state index contributed by atoms with van der Waals surface area (Å²) in [7, 11) is 0. The van der Waals surface area contributed by atoms with E-state index in [-0.39, 0.29) is 24.2 Å². The Morgan fingerprint density at radius 3 is 2.52 bits per heavy atom. The molecule has 0 aliphatic heterocycles. The fourth-order valence-corrected chi connectivity index (χ4v) is 2.82. The maximum atomic E-state index is 8.45. The molecule has 1 heterocycles. The summed E-state index contributed by atoms with van der Waals surface area (Å²) in [5, 5.41) is 1.82. The third-order valence-electron chi connectivity index (χ3n) is 3.75. The van der Waals surface area contributed by atoms with E-state index in [0.29, 0.717) is 22.3 Å². The fourth-order valence-electron chi connectivity index (χ4n) is 2.82. The van der Waals surface area contributed by atoms with Gasteiger partial charge in [0.2, 0.25) is 0 Å². The van der Waals surface area contributed by atoms with Gasteiger partial charge in [-0.05, 0) is 42.7 Å². The van der Waals surface area contributed by atoms with Crippen molar-refractivity contribution < 1.29 is 9.90 Å². The predicted octanol–water partition coefficient (Wildman–Crippen LogP) is 5.87. The molecular weight excluding hydrogens is 256 g/mol.